The highest BCUT2D eigenvalue weighted by Crippen LogP contribution is 2.11. The minimum Gasteiger partial charge on any atom is -0.469 e. The Morgan fingerprint density at radius 1 is 1.31 bits per heavy atom. The molecule has 1 aromatic heterocycles. The van der Waals surface area contributed by atoms with Gasteiger partial charge in [-0.25, -0.2) is 0 Å². The highest BCUT2D eigenvalue weighted by molar-refractivity contribution is 5.11. The van der Waals surface area contributed by atoms with Gasteiger partial charge in [-0.05, 0) is 12.5 Å². The van der Waals surface area contributed by atoms with Crippen molar-refractivity contribution in [3.63, 3.8) is 0 Å². The Labute approximate surface area is 79.6 Å². The van der Waals surface area contributed by atoms with Gasteiger partial charge in [0.1, 0.15) is 5.76 Å². The molecule has 0 saturated heterocycles. The molecule has 0 saturated carbocycles. The summed E-state index contributed by atoms with van der Waals surface area (Å²) in [5, 5.41) is 8.80. The number of aliphatic hydroxyl groups is 1. The zero-order chi connectivity index (χ0) is 9.52. The second kappa shape index (κ2) is 5.81. The van der Waals surface area contributed by atoms with Crippen molar-refractivity contribution in [2.45, 2.75) is 45.6 Å². The molecule has 0 bridgehead atoms. The highest BCUT2D eigenvalue weighted by Gasteiger charge is 1.99. The predicted molar refractivity (Wildman–Crippen MR) is 52.5 cm³/mol. The minimum atomic E-state index is 0.0818. The van der Waals surface area contributed by atoms with Crippen LogP contribution in [0.2, 0.25) is 0 Å². The highest BCUT2D eigenvalue weighted by atomic mass is 16.3. The maximum atomic E-state index is 8.80. The molecule has 0 aliphatic rings. The molecule has 1 aromatic rings. The van der Waals surface area contributed by atoms with Gasteiger partial charge in [-0.15, -0.1) is 0 Å². The van der Waals surface area contributed by atoms with Crippen molar-refractivity contribution in [3.05, 3.63) is 23.7 Å². The molecule has 0 aliphatic heterocycles. The van der Waals surface area contributed by atoms with Crippen LogP contribution in [-0.2, 0) is 13.0 Å². The van der Waals surface area contributed by atoms with E-state index >= 15 is 0 Å². The van der Waals surface area contributed by atoms with E-state index in [1.54, 1.807) is 6.26 Å². The lowest BCUT2D eigenvalue weighted by molar-refractivity contribution is 0.280. The fourth-order valence-corrected chi connectivity index (χ4v) is 1.37. The molecule has 1 rings (SSSR count). The molecule has 0 fully saturated rings. The van der Waals surface area contributed by atoms with Crippen molar-refractivity contribution in [1.29, 1.82) is 0 Å². The Bertz CT molecular complexity index is 228. The summed E-state index contributed by atoms with van der Waals surface area (Å²) in [6, 6.07) is 1.94. The summed E-state index contributed by atoms with van der Waals surface area (Å²) in [6.07, 6.45) is 7.65. The molecule has 0 aliphatic carbocycles. The first-order chi connectivity index (χ1) is 6.36. The predicted octanol–water partition coefficient (Wildman–Crippen LogP) is 2.89. The third-order valence-corrected chi connectivity index (χ3v) is 2.17. The van der Waals surface area contributed by atoms with Crippen molar-refractivity contribution in [2.75, 3.05) is 0 Å². The monoisotopic (exact) mass is 182 g/mol. The zero-order valence-corrected chi connectivity index (χ0v) is 8.25. The molecule has 74 valence electrons. The van der Waals surface area contributed by atoms with Gasteiger partial charge in [0.2, 0.25) is 0 Å². The molecule has 2 nitrogen and oxygen atoms in total. The molecule has 2 heteroatoms. The molecule has 1 N–H and O–H groups in total. The lowest BCUT2D eigenvalue weighted by Gasteiger charge is -1.95. The van der Waals surface area contributed by atoms with E-state index in [0.29, 0.717) is 0 Å². The average molecular weight is 182 g/mol. The van der Waals surface area contributed by atoms with E-state index in [4.69, 9.17) is 9.52 Å². The molecular formula is C11H18O2. The Kier molecular flexibility index (Phi) is 4.61. The maximum Gasteiger partial charge on any atom is 0.104 e. The molecule has 0 amide bonds. The third kappa shape index (κ3) is 3.64. The molecule has 13 heavy (non-hydrogen) atoms. The summed E-state index contributed by atoms with van der Waals surface area (Å²) >= 11 is 0. The summed E-state index contributed by atoms with van der Waals surface area (Å²) < 4.78 is 5.28. The quantitative estimate of drug-likeness (QED) is 0.686. The first-order valence-corrected chi connectivity index (χ1v) is 5.04. The molecule has 0 unspecified atom stereocenters. The Morgan fingerprint density at radius 2 is 2.15 bits per heavy atom. The number of aryl methyl sites for hydroxylation is 1. The Morgan fingerprint density at radius 3 is 2.77 bits per heavy atom. The largest absolute Gasteiger partial charge is 0.469 e. The van der Waals surface area contributed by atoms with Crippen LogP contribution in [0.25, 0.3) is 0 Å². The molecule has 1 heterocycles. The number of aliphatic hydroxyl groups excluding tert-OH is 1. The van der Waals surface area contributed by atoms with Crippen LogP contribution in [0.4, 0.5) is 0 Å². The van der Waals surface area contributed by atoms with Crippen molar-refractivity contribution in [2.24, 2.45) is 0 Å². The van der Waals surface area contributed by atoms with Gasteiger partial charge in [0.05, 0.1) is 12.9 Å². The Hall–Kier alpha value is -0.760. The van der Waals surface area contributed by atoms with Gasteiger partial charge in [-0.2, -0.15) is 0 Å². The van der Waals surface area contributed by atoms with Crippen molar-refractivity contribution < 1.29 is 9.52 Å². The van der Waals surface area contributed by atoms with Gasteiger partial charge in [0, 0.05) is 12.0 Å². The minimum absolute atomic E-state index is 0.0818. The normalized spacial score (nSPS) is 10.6. The van der Waals surface area contributed by atoms with Crippen LogP contribution in [0.3, 0.4) is 0 Å². The van der Waals surface area contributed by atoms with Crippen LogP contribution in [0.15, 0.2) is 16.7 Å². The topological polar surface area (TPSA) is 33.4 Å². The molecule has 0 aromatic carbocycles. The van der Waals surface area contributed by atoms with E-state index in [1.165, 1.54) is 25.7 Å². The summed E-state index contributed by atoms with van der Waals surface area (Å²) in [4.78, 5) is 0. The number of furan rings is 1. The number of rotatable bonds is 6. The van der Waals surface area contributed by atoms with Gasteiger partial charge < -0.3 is 9.52 Å². The first-order valence-electron chi connectivity index (χ1n) is 5.04. The second-order valence-corrected chi connectivity index (χ2v) is 3.39. The van der Waals surface area contributed by atoms with Crippen molar-refractivity contribution >= 4 is 0 Å². The molecular weight excluding hydrogens is 164 g/mol. The van der Waals surface area contributed by atoms with Crippen LogP contribution < -0.4 is 0 Å². The smallest absolute Gasteiger partial charge is 0.104 e. The summed E-state index contributed by atoms with van der Waals surface area (Å²) in [7, 11) is 0. The van der Waals surface area contributed by atoms with E-state index in [-0.39, 0.29) is 6.61 Å². The summed E-state index contributed by atoms with van der Waals surface area (Å²) in [5.74, 6) is 1.00. The summed E-state index contributed by atoms with van der Waals surface area (Å²) in [6.45, 7) is 2.29. The third-order valence-electron chi connectivity index (χ3n) is 2.17. The van der Waals surface area contributed by atoms with Gasteiger partial charge >= 0.3 is 0 Å². The van der Waals surface area contributed by atoms with Crippen LogP contribution in [-0.4, -0.2) is 5.11 Å². The van der Waals surface area contributed by atoms with Gasteiger partial charge in [0.15, 0.2) is 0 Å². The van der Waals surface area contributed by atoms with Gasteiger partial charge in [-0.1, -0.05) is 26.2 Å². The van der Waals surface area contributed by atoms with Gasteiger partial charge in [0.25, 0.3) is 0 Å². The Balaban J connectivity index is 2.20. The number of unbranched alkanes of at least 4 members (excludes halogenated alkanes) is 3. The van der Waals surface area contributed by atoms with Crippen LogP contribution in [0, 0.1) is 0 Å². The van der Waals surface area contributed by atoms with Crippen molar-refractivity contribution in [3.8, 4) is 0 Å². The van der Waals surface area contributed by atoms with E-state index in [1.807, 2.05) is 6.07 Å². The van der Waals surface area contributed by atoms with Gasteiger partial charge in [-0.3, -0.25) is 0 Å². The van der Waals surface area contributed by atoms with E-state index in [2.05, 4.69) is 6.92 Å². The number of hydrogen-bond donors (Lipinski definition) is 1. The van der Waals surface area contributed by atoms with E-state index in [0.717, 1.165) is 17.7 Å². The molecule has 0 atom stereocenters. The summed E-state index contributed by atoms with van der Waals surface area (Å²) in [5.41, 5.74) is 0.880. The first kappa shape index (κ1) is 10.3. The SMILES string of the molecule is CCCCCCc1cc(CO)co1. The maximum absolute atomic E-state index is 8.80. The lowest BCUT2D eigenvalue weighted by Crippen LogP contribution is -1.82. The van der Waals surface area contributed by atoms with Crippen LogP contribution in [0.1, 0.15) is 43.9 Å². The zero-order valence-electron chi connectivity index (χ0n) is 8.25. The van der Waals surface area contributed by atoms with Crippen LogP contribution >= 0.6 is 0 Å². The van der Waals surface area contributed by atoms with E-state index < -0.39 is 0 Å². The fourth-order valence-electron chi connectivity index (χ4n) is 1.37. The number of hydrogen-bond acceptors (Lipinski definition) is 2. The lowest BCUT2D eigenvalue weighted by atomic mass is 10.1. The average Bonchev–Trinajstić information content (AvgIpc) is 2.60. The fraction of sp³-hybridized carbons (Fsp3) is 0.636. The van der Waals surface area contributed by atoms with Crippen LogP contribution in [0.5, 0.6) is 0 Å². The molecule has 0 spiro atoms. The standard InChI is InChI=1S/C11H18O2/c1-2-3-4-5-6-11-7-10(8-12)9-13-11/h7,9,12H,2-6,8H2,1H3. The second-order valence-electron chi connectivity index (χ2n) is 3.39. The van der Waals surface area contributed by atoms with Crippen molar-refractivity contribution in [1.82, 2.24) is 0 Å². The van der Waals surface area contributed by atoms with E-state index in [9.17, 15) is 0 Å². The molecule has 0 radical (unpaired) electrons.